The molecule has 0 saturated carbocycles. The van der Waals surface area contributed by atoms with E-state index < -0.39 is 10.0 Å². The van der Waals surface area contributed by atoms with Crippen molar-refractivity contribution < 1.29 is 17.7 Å². The van der Waals surface area contributed by atoms with Crippen LogP contribution in [0.1, 0.15) is 63.6 Å². The second kappa shape index (κ2) is 9.15. The maximum atomic E-state index is 13.2. The summed E-state index contributed by atoms with van der Waals surface area (Å²) in [5.41, 5.74) is 0. The lowest BCUT2D eigenvalue weighted by Gasteiger charge is -2.31. The van der Waals surface area contributed by atoms with Gasteiger partial charge in [-0.2, -0.15) is 9.29 Å². The largest absolute Gasteiger partial charge is 0.353 e. The lowest BCUT2D eigenvalue weighted by Crippen LogP contribution is -2.44. The molecule has 30 heavy (non-hydrogen) atoms. The first kappa shape index (κ1) is 22.9. The normalized spacial score (nSPS) is 17.4. The van der Waals surface area contributed by atoms with Crippen LogP contribution in [0.3, 0.4) is 0 Å². The van der Waals surface area contributed by atoms with Crippen LogP contribution in [0.2, 0.25) is 0 Å². The van der Waals surface area contributed by atoms with Gasteiger partial charge in [-0.25, -0.2) is 8.42 Å². The summed E-state index contributed by atoms with van der Waals surface area (Å²) < 4.78 is 33.2. The van der Waals surface area contributed by atoms with Gasteiger partial charge in [-0.1, -0.05) is 25.9 Å². The van der Waals surface area contributed by atoms with E-state index in [1.165, 1.54) is 15.6 Å². The van der Waals surface area contributed by atoms with Crippen LogP contribution in [0.4, 0.5) is 0 Å². The number of carbonyl (C=O) groups excluding carboxylic acids is 1. The van der Waals surface area contributed by atoms with Crippen molar-refractivity contribution in [3.63, 3.8) is 0 Å². The van der Waals surface area contributed by atoms with E-state index in [-0.39, 0.29) is 28.7 Å². The van der Waals surface area contributed by atoms with E-state index in [0.29, 0.717) is 47.4 Å². The fourth-order valence-corrected chi connectivity index (χ4v) is 6.32. The van der Waals surface area contributed by atoms with E-state index in [9.17, 15) is 13.2 Å². The Bertz CT molecular complexity index is 988. The summed E-state index contributed by atoms with van der Waals surface area (Å²) in [4.78, 5) is 18.4. The number of aromatic nitrogens is 2. The number of sulfonamides is 1. The van der Waals surface area contributed by atoms with E-state index in [0.717, 1.165) is 6.42 Å². The third kappa shape index (κ3) is 4.76. The monoisotopic (exact) mass is 454 g/mol. The number of carbonyl (C=O) groups is 1. The van der Waals surface area contributed by atoms with Gasteiger partial charge >= 0.3 is 0 Å². The Morgan fingerprint density at radius 1 is 1.33 bits per heavy atom. The van der Waals surface area contributed by atoms with E-state index in [1.54, 1.807) is 13.0 Å². The van der Waals surface area contributed by atoms with Gasteiger partial charge in [-0.05, 0) is 39.2 Å². The predicted molar refractivity (Wildman–Crippen MR) is 116 cm³/mol. The first-order valence-electron chi connectivity index (χ1n) is 10.4. The highest BCUT2D eigenvalue weighted by Gasteiger charge is 2.34. The standard InChI is InChI=1S/C20H30N4O4S2/c1-6-13(4)21-19(25)15-7-9-24(10-8-15)30(26,27)17-11-16(29-14(17)5)18-22-20(12(2)3)28-23-18/h11-13,15H,6-10H2,1-5H3,(H,21,25)/t13-/m1/s1. The van der Waals surface area contributed by atoms with E-state index in [2.05, 4.69) is 15.5 Å². The first-order valence-corrected chi connectivity index (χ1v) is 12.6. The Kier molecular flexibility index (Phi) is 6.98. The molecular formula is C20H30N4O4S2. The van der Waals surface area contributed by atoms with Crippen molar-refractivity contribution in [3.8, 4) is 10.7 Å². The number of amides is 1. The molecule has 1 N–H and O–H groups in total. The number of rotatable bonds is 7. The molecule has 0 aliphatic carbocycles. The lowest BCUT2D eigenvalue weighted by molar-refractivity contribution is -0.126. The van der Waals surface area contributed by atoms with E-state index in [4.69, 9.17) is 4.52 Å². The van der Waals surface area contributed by atoms with Crippen molar-refractivity contribution in [2.75, 3.05) is 13.1 Å². The predicted octanol–water partition coefficient (Wildman–Crippen LogP) is 3.55. The summed E-state index contributed by atoms with van der Waals surface area (Å²) in [5, 5.41) is 6.98. The molecule has 3 heterocycles. The molecule has 2 aromatic rings. The van der Waals surface area contributed by atoms with Crippen LogP contribution in [-0.4, -0.2) is 47.9 Å². The average Bonchev–Trinajstić information content (AvgIpc) is 3.35. The second-order valence-corrected chi connectivity index (χ2v) is 11.3. The smallest absolute Gasteiger partial charge is 0.244 e. The number of thiophene rings is 1. The molecular weight excluding hydrogens is 424 g/mol. The van der Waals surface area contributed by atoms with E-state index in [1.807, 2.05) is 27.7 Å². The minimum absolute atomic E-state index is 0.0217. The van der Waals surface area contributed by atoms with Crippen molar-refractivity contribution in [2.45, 2.75) is 70.7 Å². The summed E-state index contributed by atoms with van der Waals surface area (Å²) in [6.07, 6.45) is 1.93. The summed E-state index contributed by atoms with van der Waals surface area (Å²) in [6.45, 7) is 10.4. The van der Waals surface area contributed by atoms with Gasteiger partial charge in [0.15, 0.2) is 0 Å². The second-order valence-electron chi connectivity index (χ2n) is 8.14. The molecule has 1 aliphatic rings. The summed E-state index contributed by atoms with van der Waals surface area (Å²) in [6, 6.07) is 1.76. The molecule has 1 atom stereocenters. The van der Waals surface area contributed by atoms with Gasteiger partial charge in [0.05, 0.1) is 9.77 Å². The van der Waals surface area contributed by atoms with Gasteiger partial charge in [0, 0.05) is 35.8 Å². The molecule has 10 heteroatoms. The molecule has 0 bridgehead atoms. The SMILES string of the molecule is CC[C@@H](C)NC(=O)C1CCN(S(=O)(=O)c2cc(-c3noc(C(C)C)n3)sc2C)CC1. The number of piperidine rings is 1. The molecule has 8 nitrogen and oxygen atoms in total. The Balaban J connectivity index is 1.72. The summed E-state index contributed by atoms with van der Waals surface area (Å²) >= 11 is 1.34. The highest BCUT2D eigenvalue weighted by atomic mass is 32.2. The van der Waals surface area contributed by atoms with Gasteiger partial charge < -0.3 is 9.84 Å². The summed E-state index contributed by atoms with van der Waals surface area (Å²) in [7, 11) is -3.64. The topological polar surface area (TPSA) is 105 Å². The van der Waals surface area contributed by atoms with Crippen molar-refractivity contribution in [1.29, 1.82) is 0 Å². The number of hydrogen-bond donors (Lipinski definition) is 1. The van der Waals surface area contributed by atoms with Crippen molar-refractivity contribution in [2.24, 2.45) is 5.92 Å². The molecule has 0 unspecified atom stereocenters. The Hall–Kier alpha value is -1.78. The number of nitrogens with one attached hydrogen (secondary N) is 1. The average molecular weight is 455 g/mol. The maximum Gasteiger partial charge on any atom is 0.244 e. The zero-order valence-electron chi connectivity index (χ0n) is 18.1. The molecule has 0 spiro atoms. The fraction of sp³-hybridized carbons (Fsp3) is 0.650. The molecule has 0 radical (unpaired) electrons. The molecule has 166 valence electrons. The third-order valence-electron chi connectivity index (χ3n) is 5.47. The Morgan fingerprint density at radius 2 is 2.00 bits per heavy atom. The van der Waals surface area contributed by atoms with Gasteiger partial charge in [0.25, 0.3) is 0 Å². The molecule has 1 amide bonds. The van der Waals surface area contributed by atoms with Crippen LogP contribution < -0.4 is 5.32 Å². The van der Waals surface area contributed by atoms with E-state index >= 15 is 0 Å². The molecule has 1 saturated heterocycles. The van der Waals surface area contributed by atoms with Crippen LogP contribution in [0, 0.1) is 12.8 Å². The van der Waals surface area contributed by atoms with Crippen LogP contribution in [0.5, 0.6) is 0 Å². The number of hydrogen-bond acceptors (Lipinski definition) is 7. The minimum Gasteiger partial charge on any atom is -0.353 e. The molecule has 3 rings (SSSR count). The van der Waals surface area contributed by atoms with Gasteiger partial charge in [0.1, 0.15) is 0 Å². The molecule has 1 aliphatic heterocycles. The van der Waals surface area contributed by atoms with Crippen LogP contribution in [0.15, 0.2) is 15.5 Å². The highest BCUT2D eigenvalue weighted by Crippen LogP contribution is 2.35. The summed E-state index contributed by atoms with van der Waals surface area (Å²) in [5.74, 6) is 0.924. The fourth-order valence-electron chi connectivity index (χ4n) is 3.36. The van der Waals surface area contributed by atoms with Crippen LogP contribution in [0.25, 0.3) is 10.7 Å². The Labute approximate surface area is 182 Å². The van der Waals surface area contributed by atoms with Crippen molar-refractivity contribution >= 4 is 27.3 Å². The minimum atomic E-state index is -3.64. The molecule has 0 aromatic carbocycles. The van der Waals surface area contributed by atoms with Crippen molar-refractivity contribution in [3.05, 3.63) is 16.8 Å². The third-order valence-corrected chi connectivity index (χ3v) is 8.67. The Morgan fingerprint density at radius 3 is 2.57 bits per heavy atom. The molecule has 1 fully saturated rings. The van der Waals surface area contributed by atoms with Gasteiger partial charge in [-0.3, -0.25) is 4.79 Å². The highest BCUT2D eigenvalue weighted by molar-refractivity contribution is 7.89. The number of nitrogens with zero attached hydrogens (tertiary/aromatic N) is 3. The zero-order chi connectivity index (χ0) is 22.1. The lowest BCUT2D eigenvalue weighted by atomic mass is 9.97. The maximum absolute atomic E-state index is 13.2. The van der Waals surface area contributed by atoms with Gasteiger partial charge in [-0.15, -0.1) is 11.3 Å². The zero-order valence-corrected chi connectivity index (χ0v) is 19.8. The quantitative estimate of drug-likeness (QED) is 0.686. The first-order chi connectivity index (χ1) is 14.1. The van der Waals surface area contributed by atoms with Crippen LogP contribution >= 0.6 is 11.3 Å². The number of aryl methyl sites for hydroxylation is 1. The van der Waals surface area contributed by atoms with Crippen LogP contribution in [-0.2, 0) is 14.8 Å². The van der Waals surface area contributed by atoms with Crippen molar-refractivity contribution in [1.82, 2.24) is 19.8 Å². The molecule has 2 aromatic heterocycles. The van der Waals surface area contributed by atoms with Gasteiger partial charge in [0.2, 0.25) is 27.6 Å².